The number of hydrogen-bond acceptors (Lipinski definition) is 3. The molecule has 0 aliphatic carbocycles. The van der Waals surface area contributed by atoms with Gasteiger partial charge in [-0.1, -0.05) is 12.6 Å². The summed E-state index contributed by atoms with van der Waals surface area (Å²) in [5.41, 5.74) is 1.59. The van der Waals surface area contributed by atoms with E-state index in [1.165, 1.54) is 0 Å². The van der Waals surface area contributed by atoms with Crippen molar-refractivity contribution in [3.8, 4) is 5.75 Å². The fraction of sp³-hybridized carbons (Fsp3) is 0.471. The van der Waals surface area contributed by atoms with Crippen molar-refractivity contribution in [1.29, 1.82) is 0 Å². The molecule has 1 saturated heterocycles. The van der Waals surface area contributed by atoms with Crippen LogP contribution >= 0.6 is 0 Å². The molecule has 0 aromatic heterocycles. The average molecular weight is 288 g/mol. The van der Waals surface area contributed by atoms with Gasteiger partial charge in [0.15, 0.2) is 0 Å². The Labute approximate surface area is 126 Å². The Morgan fingerprint density at radius 2 is 2.33 bits per heavy atom. The Bertz CT molecular complexity index is 513. The first-order valence-electron chi connectivity index (χ1n) is 7.38. The molecule has 1 atom stereocenters. The summed E-state index contributed by atoms with van der Waals surface area (Å²) in [4.78, 5) is 14.5. The summed E-state index contributed by atoms with van der Waals surface area (Å²) in [6.45, 7) is 9.09. The van der Waals surface area contributed by atoms with Crippen LogP contribution in [0.4, 0.5) is 0 Å². The number of carbonyl (C=O) groups is 1. The molecule has 1 aliphatic heterocycles. The summed E-state index contributed by atoms with van der Waals surface area (Å²) >= 11 is 0. The van der Waals surface area contributed by atoms with Gasteiger partial charge in [0.05, 0.1) is 0 Å². The number of ether oxygens (including phenoxy) is 1. The van der Waals surface area contributed by atoms with Crippen molar-refractivity contribution in [2.24, 2.45) is 5.92 Å². The smallest absolute Gasteiger partial charge is 0.251 e. The van der Waals surface area contributed by atoms with Crippen LogP contribution in [0.3, 0.4) is 0 Å². The third-order valence-corrected chi connectivity index (χ3v) is 3.62. The molecule has 1 aromatic carbocycles. The van der Waals surface area contributed by atoms with Crippen LogP contribution in [0.25, 0.3) is 0 Å². The van der Waals surface area contributed by atoms with E-state index in [-0.39, 0.29) is 5.91 Å². The van der Waals surface area contributed by atoms with Gasteiger partial charge in [-0.25, -0.2) is 0 Å². The Hall–Kier alpha value is -1.81. The predicted octanol–water partition coefficient (Wildman–Crippen LogP) is 2.32. The monoisotopic (exact) mass is 288 g/mol. The molecule has 0 spiro atoms. The molecule has 4 heteroatoms. The Kier molecular flexibility index (Phi) is 5.39. The number of benzene rings is 1. The van der Waals surface area contributed by atoms with Crippen molar-refractivity contribution in [2.75, 3.05) is 33.3 Å². The number of amides is 1. The number of nitrogens with zero attached hydrogens (tertiary/aromatic N) is 1. The number of carbonyl (C=O) groups excluding carboxylic acids is 1. The molecule has 4 nitrogen and oxygen atoms in total. The van der Waals surface area contributed by atoms with E-state index in [1.807, 2.05) is 25.1 Å². The van der Waals surface area contributed by atoms with Gasteiger partial charge in [-0.15, -0.1) is 0 Å². The maximum absolute atomic E-state index is 12.2. The highest BCUT2D eigenvalue weighted by Gasteiger charge is 2.20. The third-order valence-electron chi connectivity index (χ3n) is 3.62. The largest absolute Gasteiger partial charge is 0.489 e. The summed E-state index contributed by atoms with van der Waals surface area (Å²) in [5.74, 6) is 1.22. The summed E-state index contributed by atoms with van der Waals surface area (Å²) in [7, 11) is 2.12. The molecule has 0 saturated carbocycles. The van der Waals surface area contributed by atoms with Crippen molar-refractivity contribution in [1.82, 2.24) is 10.2 Å². The lowest BCUT2D eigenvalue weighted by molar-refractivity contribution is 0.0947. The van der Waals surface area contributed by atoms with Gasteiger partial charge in [0.2, 0.25) is 0 Å². The normalized spacial score (nSPS) is 18.5. The molecule has 2 rings (SSSR count). The summed E-state index contributed by atoms with van der Waals surface area (Å²) in [5, 5.41) is 3.01. The molecule has 0 bridgehead atoms. The zero-order valence-corrected chi connectivity index (χ0v) is 12.9. The van der Waals surface area contributed by atoms with Crippen molar-refractivity contribution in [2.45, 2.75) is 13.3 Å². The van der Waals surface area contributed by atoms with Crippen LogP contribution in [0.1, 0.15) is 23.7 Å². The maximum Gasteiger partial charge on any atom is 0.251 e. The molecule has 1 amide bonds. The third kappa shape index (κ3) is 4.90. The number of likely N-dealkylation sites (tertiary alicyclic amines) is 1. The molecular weight excluding hydrogens is 264 g/mol. The van der Waals surface area contributed by atoms with Gasteiger partial charge in [-0.05, 0) is 56.6 Å². The Balaban J connectivity index is 1.86. The molecule has 0 radical (unpaired) electrons. The first kappa shape index (κ1) is 15.6. The summed E-state index contributed by atoms with van der Waals surface area (Å²) in [6, 6.07) is 7.28. The highest BCUT2D eigenvalue weighted by atomic mass is 16.5. The van der Waals surface area contributed by atoms with Crippen LogP contribution in [0.5, 0.6) is 5.75 Å². The Morgan fingerprint density at radius 1 is 1.52 bits per heavy atom. The van der Waals surface area contributed by atoms with Gasteiger partial charge >= 0.3 is 0 Å². The van der Waals surface area contributed by atoms with Crippen molar-refractivity contribution in [3.05, 3.63) is 42.0 Å². The van der Waals surface area contributed by atoms with Crippen LogP contribution in [-0.2, 0) is 0 Å². The summed E-state index contributed by atoms with van der Waals surface area (Å²) in [6.07, 6.45) is 1.15. The molecule has 1 fully saturated rings. The van der Waals surface area contributed by atoms with Crippen molar-refractivity contribution >= 4 is 5.91 Å². The minimum Gasteiger partial charge on any atom is -0.489 e. The van der Waals surface area contributed by atoms with Gasteiger partial charge in [0.25, 0.3) is 5.91 Å². The lowest BCUT2D eigenvalue weighted by Crippen LogP contribution is -2.30. The van der Waals surface area contributed by atoms with Gasteiger partial charge in [-0.3, -0.25) is 4.79 Å². The van der Waals surface area contributed by atoms with Crippen LogP contribution in [0.2, 0.25) is 0 Å². The van der Waals surface area contributed by atoms with Crippen LogP contribution in [0.15, 0.2) is 36.4 Å². The van der Waals surface area contributed by atoms with Crippen molar-refractivity contribution < 1.29 is 9.53 Å². The second-order valence-electron chi connectivity index (χ2n) is 5.90. The Morgan fingerprint density at radius 3 is 3.00 bits per heavy atom. The zero-order chi connectivity index (χ0) is 15.2. The molecular formula is C17H24N2O2. The van der Waals surface area contributed by atoms with Crippen LogP contribution in [0, 0.1) is 5.92 Å². The number of rotatable bonds is 6. The number of hydrogen-bond donors (Lipinski definition) is 1. The van der Waals surface area contributed by atoms with Gasteiger partial charge in [0, 0.05) is 18.7 Å². The topological polar surface area (TPSA) is 41.6 Å². The van der Waals surface area contributed by atoms with Gasteiger partial charge in [-0.2, -0.15) is 0 Å². The minimum atomic E-state index is -0.0367. The number of nitrogens with one attached hydrogen (secondary N) is 1. The van der Waals surface area contributed by atoms with E-state index >= 15 is 0 Å². The molecule has 1 heterocycles. The van der Waals surface area contributed by atoms with E-state index in [9.17, 15) is 4.79 Å². The van der Waals surface area contributed by atoms with Gasteiger partial charge in [0.1, 0.15) is 12.4 Å². The van der Waals surface area contributed by atoms with E-state index in [2.05, 4.69) is 23.8 Å². The zero-order valence-electron chi connectivity index (χ0n) is 12.9. The average Bonchev–Trinajstić information content (AvgIpc) is 2.88. The predicted molar refractivity (Wildman–Crippen MR) is 84.7 cm³/mol. The first-order chi connectivity index (χ1) is 10.0. The fourth-order valence-electron chi connectivity index (χ4n) is 2.47. The van der Waals surface area contributed by atoms with E-state index in [0.717, 1.165) is 31.6 Å². The second-order valence-corrected chi connectivity index (χ2v) is 5.90. The maximum atomic E-state index is 12.2. The van der Waals surface area contributed by atoms with E-state index < -0.39 is 0 Å². The lowest BCUT2D eigenvalue weighted by Gasteiger charge is -2.12. The van der Waals surface area contributed by atoms with E-state index in [0.29, 0.717) is 23.8 Å². The van der Waals surface area contributed by atoms with E-state index in [4.69, 9.17) is 4.74 Å². The molecule has 21 heavy (non-hydrogen) atoms. The van der Waals surface area contributed by atoms with Crippen LogP contribution < -0.4 is 10.1 Å². The van der Waals surface area contributed by atoms with Crippen LogP contribution in [-0.4, -0.2) is 44.1 Å². The highest BCUT2D eigenvalue weighted by Crippen LogP contribution is 2.15. The molecule has 1 aliphatic rings. The second kappa shape index (κ2) is 7.27. The molecule has 0 unspecified atom stereocenters. The lowest BCUT2D eigenvalue weighted by atomic mass is 10.1. The van der Waals surface area contributed by atoms with Crippen molar-refractivity contribution in [3.63, 3.8) is 0 Å². The SMILES string of the molecule is C=C(C)COc1cccc(C(=O)NC[C@H]2CCN(C)C2)c1. The first-order valence-corrected chi connectivity index (χ1v) is 7.38. The molecule has 1 aromatic rings. The van der Waals surface area contributed by atoms with Gasteiger partial charge < -0.3 is 15.0 Å². The standard InChI is InChI=1S/C17H24N2O2/c1-13(2)12-21-16-6-4-5-15(9-16)17(20)18-10-14-7-8-19(3)11-14/h4-6,9,14H,1,7-8,10-12H2,2-3H3,(H,18,20)/t14-/m1/s1. The summed E-state index contributed by atoms with van der Waals surface area (Å²) < 4.78 is 5.56. The minimum absolute atomic E-state index is 0.0367. The fourth-order valence-corrected chi connectivity index (χ4v) is 2.47. The molecule has 1 N–H and O–H groups in total. The molecule has 114 valence electrons. The quantitative estimate of drug-likeness (QED) is 0.817. The highest BCUT2D eigenvalue weighted by molar-refractivity contribution is 5.94. The van der Waals surface area contributed by atoms with E-state index in [1.54, 1.807) is 6.07 Å².